The van der Waals surface area contributed by atoms with E-state index in [0.717, 1.165) is 6.20 Å². The van der Waals surface area contributed by atoms with Gasteiger partial charge in [0.1, 0.15) is 11.5 Å². The number of hydrogen-bond acceptors (Lipinski definition) is 6. The summed E-state index contributed by atoms with van der Waals surface area (Å²) in [6.45, 7) is 0. The second-order valence-corrected chi connectivity index (χ2v) is 5.35. The standard InChI is InChI=1S/C8H8F3N5S2/c1-12-6-15-16-7(18-6)17-3-5-13-2-4(14-5)8(9,10)11/h2H,3H2,1H3,(H,12,15)(H,13,14). The van der Waals surface area contributed by atoms with Crippen molar-refractivity contribution in [3.63, 3.8) is 0 Å². The van der Waals surface area contributed by atoms with Gasteiger partial charge in [-0.15, -0.1) is 10.2 Å². The van der Waals surface area contributed by atoms with Crippen molar-refractivity contribution >= 4 is 28.2 Å². The highest BCUT2D eigenvalue weighted by molar-refractivity contribution is 8.00. The summed E-state index contributed by atoms with van der Waals surface area (Å²) in [7, 11) is 1.72. The van der Waals surface area contributed by atoms with E-state index >= 15 is 0 Å². The highest BCUT2D eigenvalue weighted by Crippen LogP contribution is 2.30. The lowest BCUT2D eigenvalue weighted by atomic mass is 10.5. The normalized spacial score (nSPS) is 11.8. The van der Waals surface area contributed by atoms with Crippen molar-refractivity contribution in [1.82, 2.24) is 20.2 Å². The molecule has 2 aromatic rings. The van der Waals surface area contributed by atoms with Crippen LogP contribution in [-0.2, 0) is 11.9 Å². The van der Waals surface area contributed by atoms with Crippen LogP contribution in [-0.4, -0.2) is 27.2 Å². The molecule has 0 atom stereocenters. The number of aromatic amines is 1. The Kier molecular flexibility index (Phi) is 3.76. The number of halogens is 3. The van der Waals surface area contributed by atoms with E-state index < -0.39 is 11.9 Å². The second kappa shape index (κ2) is 5.14. The minimum absolute atomic E-state index is 0.258. The maximum Gasteiger partial charge on any atom is 0.432 e. The van der Waals surface area contributed by atoms with Crippen molar-refractivity contribution < 1.29 is 13.2 Å². The number of alkyl halides is 3. The van der Waals surface area contributed by atoms with Crippen LogP contribution in [0, 0.1) is 0 Å². The summed E-state index contributed by atoms with van der Waals surface area (Å²) in [4.78, 5) is 5.90. The van der Waals surface area contributed by atoms with Crippen molar-refractivity contribution in [2.45, 2.75) is 16.3 Å². The molecule has 2 N–H and O–H groups in total. The molecule has 2 aromatic heterocycles. The van der Waals surface area contributed by atoms with Crippen molar-refractivity contribution in [2.75, 3.05) is 12.4 Å². The van der Waals surface area contributed by atoms with Crippen LogP contribution in [0.15, 0.2) is 10.5 Å². The fraction of sp³-hybridized carbons (Fsp3) is 0.375. The Labute approximate surface area is 108 Å². The molecule has 0 amide bonds. The van der Waals surface area contributed by atoms with Gasteiger partial charge in [0, 0.05) is 7.05 Å². The van der Waals surface area contributed by atoms with Gasteiger partial charge in [-0.05, 0) is 0 Å². The van der Waals surface area contributed by atoms with Crippen LogP contribution < -0.4 is 5.32 Å². The first-order valence-corrected chi connectivity index (χ1v) is 6.54. The van der Waals surface area contributed by atoms with Crippen LogP contribution >= 0.6 is 23.1 Å². The average molecular weight is 295 g/mol. The molecule has 5 nitrogen and oxygen atoms in total. The molecular weight excluding hydrogens is 287 g/mol. The van der Waals surface area contributed by atoms with Gasteiger partial charge in [0.15, 0.2) is 4.34 Å². The molecule has 2 rings (SSSR count). The minimum atomic E-state index is -4.39. The van der Waals surface area contributed by atoms with Crippen LogP contribution in [0.5, 0.6) is 0 Å². The Hall–Kier alpha value is -1.29. The average Bonchev–Trinajstić information content (AvgIpc) is 2.94. The zero-order valence-corrected chi connectivity index (χ0v) is 10.7. The maximum absolute atomic E-state index is 12.3. The number of imidazole rings is 1. The molecule has 0 spiro atoms. The Balaban J connectivity index is 1.96. The van der Waals surface area contributed by atoms with Gasteiger partial charge >= 0.3 is 6.18 Å². The van der Waals surface area contributed by atoms with Gasteiger partial charge in [-0.1, -0.05) is 23.1 Å². The third-order valence-corrected chi connectivity index (χ3v) is 3.97. The fourth-order valence-electron chi connectivity index (χ4n) is 1.08. The summed E-state index contributed by atoms with van der Waals surface area (Å²) in [5.74, 6) is 0.544. The summed E-state index contributed by atoms with van der Waals surface area (Å²) in [6, 6.07) is 0. The topological polar surface area (TPSA) is 66.5 Å². The molecule has 0 saturated carbocycles. The molecule has 0 aliphatic carbocycles. The van der Waals surface area contributed by atoms with E-state index in [0.29, 0.717) is 9.47 Å². The lowest BCUT2D eigenvalue weighted by Gasteiger charge is -2.00. The number of anilines is 1. The number of nitrogens with one attached hydrogen (secondary N) is 2. The van der Waals surface area contributed by atoms with Crippen LogP contribution in [0.4, 0.5) is 18.3 Å². The first kappa shape index (κ1) is 13.1. The van der Waals surface area contributed by atoms with Gasteiger partial charge in [-0.3, -0.25) is 0 Å². The third kappa shape index (κ3) is 3.13. The number of nitrogens with zero attached hydrogens (tertiary/aromatic N) is 3. The molecule has 2 heterocycles. The van der Waals surface area contributed by atoms with E-state index in [4.69, 9.17) is 0 Å². The summed E-state index contributed by atoms with van der Waals surface area (Å²) >= 11 is 2.61. The molecule has 0 radical (unpaired) electrons. The minimum Gasteiger partial charge on any atom is -0.363 e. The van der Waals surface area contributed by atoms with Gasteiger partial charge in [0.05, 0.1) is 11.9 Å². The zero-order chi connectivity index (χ0) is 13.2. The highest BCUT2D eigenvalue weighted by Gasteiger charge is 2.32. The van der Waals surface area contributed by atoms with Crippen molar-refractivity contribution in [1.29, 1.82) is 0 Å². The molecule has 0 saturated heterocycles. The lowest BCUT2D eigenvalue weighted by Crippen LogP contribution is -2.05. The molecule has 0 fully saturated rings. The third-order valence-electron chi connectivity index (χ3n) is 1.89. The summed E-state index contributed by atoms with van der Waals surface area (Å²) in [5, 5.41) is 11.2. The highest BCUT2D eigenvalue weighted by atomic mass is 32.2. The first-order valence-electron chi connectivity index (χ1n) is 4.74. The van der Waals surface area contributed by atoms with E-state index in [1.807, 2.05) is 0 Å². The van der Waals surface area contributed by atoms with Gasteiger partial charge in [-0.2, -0.15) is 13.2 Å². The number of rotatable bonds is 4. The molecule has 0 bridgehead atoms. The molecule has 0 aromatic carbocycles. The Morgan fingerprint density at radius 1 is 1.44 bits per heavy atom. The molecule has 18 heavy (non-hydrogen) atoms. The molecule has 0 aliphatic rings. The molecule has 98 valence electrons. The van der Waals surface area contributed by atoms with Crippen LogP contribution in [0.25, 0.3) is 0 Å². The predicted molar refractivity (Wildman–Crippen MR) is 62.6 cm³/mol. The van der Waals surface area contributed by atoms with E-state index in [1.165, 1.54) is 23.1 Å². The van der Waals surface area contributed by atoms with Crippen LogP contribution in [0.2, 0.25) is 0 Å². The smallest absolute Gasteiger partial charge is 0.363 e. The van der Waals surface area contributed by atoms with E-state index in [2.05, 4.69) is 25.5 Å². The van der Waals surface area contributed by atoms with Crippen LogP contribution in [0.3, 0.4) is 0 Å². The van der Waals surface area contributed by atoms with E-state index in [-0.39, 0.29) is 11.6 Å². The number of thioether (sulfide) groups is 1. The van der Waals surface area contributed by atoms with Crippen molar-refractivity contribution in [3.05, 3.63) is 17.7 Å². The first-order chi connectivity index (χ1) is 8.49. The fourth-order valence-corrected chi connectivity index (χ4v) is 2.66. The van der Waals surface area contributed by atoms with Gasteiger partial charge in [0.2, 0.25) is 5.13 Å². The Morgan fingerprint density at radius 3 is 2.78 bits per heavy atom. The molecule has 0 aliphatic heterocycles. The lowest BCUT2D eigenvalue weighted by molar-refractivity contribution is -0.140. The summed E-state index contributed by atoms with van der Waals surface area (Å²) in [5.41, 5.74) is -0.841. The SMILES string of the molecule is CNc1nnc(SCc2ncc(C(F)(F)F)[nH]2)s1. The van der Waals surface area contributed by atoms with Gasteiger partial charge in [0.25, 0.3) is 0 Å². The predicted octanol–water partition coefficient (Wildman–Crippen LogP) is 2.61. The number of aromatic nitrogens is 4. The zero-order valence-electron chi connectivity index (χ0n) is 9.08. The molecule has 0 unspecified atom stereocenters. The number of hydrogen-bond donors (Lipinski definition) is 2. The van der Waals surface area contributed by atoms with Gasteiger partial charge < -0.3 is 10.3 Å². The van der Waals surface area contributed by atoms with Crippen LogP contribution in [0.1, 0.15) is 11.5 Å². The van der Waals surface area contributed by atoms with Gasteiger partial charge in [-0.25, -0.2) is 4.98 Å². The van der Waals surface area contributed by atoms with Crippen molar-refractivity contribution in [2.24, 2.45) is 0 Å². The van der Waals surface area contributed by atoms with Crippen molar-refractivity contribution in [3.8, 4) is 0 Å². The quantitative estimate of drug-likeness (QED) is 0.849. The Morgan fingerprint density at radius 2 is 2.22 bits per heavy atom. The summed E-state index contributed by atoms with van der Waals surface area (Å²) in [6.07, 6.45) is -3.60. The molecular formula is C8H8F3N5S2. The largest absolute Gasteiger partial charge is 0.432 e. The summed E-state index contributed by atoms with van der Waals surface area (Å²) < 4.78 is 37.6. The molecule has 10 heteroatoms. The maximum atomic E-state index is 12.3. The monoisotopic (exact) mass is 295 g/mol. The number of H-pyrrole nitrogens is 1. The second-order valence-electron chi connectivity index (χ2n) is 3.15. The Bertz CT molecular complexity index is 521. The van der Waals surface area contributed by atoms with E-state index in [9.17, 15) is 13.2 Å². The van der Waals surface area contributed by atoms with E-state index in [1.54, 1.807) is 7.05 Å².